The Labute approximate surface area is 265 Å². The maximum Gasteiger partial charge on any atom is 0.280 e. The largest absolute Gasteiger partial charge is 0.392 e. The Bertz CT molecular complexity index is 2040. The van der Waals surface area contributed by atoms with Crippen molar-refractivity contribution in [2.24, 2.45) is 12.5 Å². The van der Waals surface area contributed by atoms with E-state index in [0.717, 1.165) is 44.8 Å². The first kappa shape index (κ1) is 29.9. The van der Waals surface area contributed by atoms with Gasteiger partial charge >= 0.3 is 0 Å². The van der Waals surface area contributed by atoms with Crippen molar-refractivity contribution in [3.63, 3.8) is 0 Å². The third kappa shape index (κ3) is 5.59. The molecule has 1 saturated heterocycles. The Morgan fingerprint density at radius 1 is 1.04 bits per heavy atom. The molecule has 7 rings (SSSR count). The van der Waals surface area contributed by atoms with Gasteiger partial charge in [-0.25, -0.2) is 9.97 Å². The molecule has 12 heteroatoms. The van der Waals surface area contributed by atoms with Crippen LogP contribution in [0.3, 0.4) is 0 Å². The molecule has 0 radical (unpaired) electrons. The lowest BCUT2D eigenvalue weighted by Crippen LogP contribution is -2.47. The van der Waals surface area contributed by atoms with E-state index in [2.05, 4.69) is 39.8 Å². The van der Waals surface area contributed by atoms with Gasteiger partial charge in [0.1, 0.15) is 22.8 Å². The van der Waals surface area contributed by atoms with Crippen LogP contribution >= 0.6 is 0 Å². The van der Waals surface area contributed by atoms with E-state index in [1.165, 1.54) is 20.4 Å². The van der Waals surface area contributed by atoms with Gasteiger partial charge in [-0.15, -0.1) is 0 Å². The van der Waals surface area contributed by atoms with Crippen LogP contribution < -0.4 is 27.1 Å². The van der Waals surface area contributed by atoms with Crippen molar-refractivity contribution in [3.05, 3.63) is 98.8 Å². The lowest BCUT2D eigenvalue weighted by atomic mass is 9.90. The SMILES string of the molecule is Cn1cc(-c2ccnc(-n3ccn4c5c(cc4c3=O)CC(C)(C)C5)c2CO)cc(Nc2ccc(NCCNC3COC3)cn2)c1=O. The summed E-state index contributed by atoms with van der Waals surface area (Å²) >= 11 is 0. The summed E-state index contributed by atoms with van der Waals surface area (Å²) in [6.45, 7) is 7.21. The van der Waals surface area contributed by atoms with Gasteiger partial charge in [0, 0.05) is 61.7 Å². The van der Waals surface area contributed by atoms with Crippen LogP contribution in [0.5, 0.6) is 0 Å². The van der Waals surface area contributed by atoms with Crippen molar-refractivity contribution in [3.8, 4) is 16.9 Å². The Balaban J connectivity index is 1.16. The van der Waals surface area contributed by atoms with Gasteiger partial charge in [0.15, 0.2) is 0 Å². The zero-order valence-electron chi connectivity index (χ0n) is 26.2. The van der Waals surface area contributed by atoms with Crippen molar-refractivity contribution in [2.45, 2.75) is 39.3 Å². The van der Waals surface area contributed by atoms with Crippen LogP contribution in [0.1, 0.15) is 30.7 Å². The molecule has 0 unspecified atom stereocenters. The number of fused-ring (bicyclic) bond motifs is 3. The topological polar surface area (TPSA) is 140 Å². The quantitative estimate of drug-likeness (QED) is 0.173. The molecular formula is C34H38N8O4. The highest BCUT2D eigenvalue weighted by Gasteiger charge is 2.32. The summed E-state index contributed by atoms with van der Waals surface area (Å²) < 4.78 is 10.1. The lowest BCUT2D eigenvalue weighted by molar-refractivity contribution is -0.00433. The number of pyridine rings is 3. The maximum absolute atomic E-state index is 13.8. The molecule has 0 spiro atoms. The molecule has 4 N–H and O–H groups in total. The average Bonchev–Trinajstić information content (AvgIpc) is 3.51. The summed E-state index contributed by atoms with van der Waals surface area (Å²) in [5.74, 6) is 0.864. The van der Waals surface area contributed by atoms with Crippen LogP contribution in [0.4, 0.5) is 17.2 Å². The summed E-state index contributed by atoms with van der Waals surface area (Å²) in [5, 5.41) is 20.5. The number of nitrogens with one attached hydrogen (secondary N) is 3. The second kappa shape index (κ2) is 11.9. The van der Waals surface area contributed by atoms with Crippen LogP contribution in [-0.4, -0.2) is 61.0 Å². The molecule has 238 valence electrons. The summed E-state index contributed by atoms with van der Waals surface area (Å²) in [4.78, 5) is 35.9. The van der Waals surface area contributed by atoms with Gasteiger partial charge < -0.3 is 34.8 Å². The second-order valence-corrected chi connectivity index (χ2v) is 12.9. The first-order valence-corrected chi connectivity index (χ1v) is 15.5. The van der Waals surface area contributed by atoms with Crippen molar-refractivity contribution >= 4 is 22.7 Å². The summed E-state index contributed by atoms with van der Waals surface area (Å²) in [6, 6.07) is 9.65. The highest BCUT2D eigenvalue weighted by Crippen LogP contribution is 2.37. The Morgan fingerprint density at radius 2 is 1.89 bits per heavy atom. The molecule has 1 aliphatic heterocycles. The number of hydrogen-bond donors (Lipinski definition) is 4. The van der Waals surface area contributed by atoms with Crippen LogP contribution in [0.15, 0.2) is 70.9 Å². The minimum atomic E-state index is -0.354. The fourth-order valence-electron chi connectivity index (χ4n) is 6.44. The van der Waals surface area contributed by atoms with Crippen molar-refractivity contribution in [1.82, 2.24) is 28.8 Å². The first-order valence-electron chi connectivity index (χ1n) is 15.5. The summed E-state index contributed by atoms with van der Waals surface area (Å²) in [5.41, 5.74) is 5.70. The zero-order chi connectivity index (χ0) is 32.0. The van der Waals surface area contributed by atoms with Gasteiger partial charge in [-0.3, -0.25) is 14.2 Å². The molecule has 2 aliphatic rings. The number of hydrogen-bond acceptors (Lipinski definition) is 9. The van der Waals surface area contributed by atoms with E-state index in [0.29, 0.717) is 45.6 Å². The molecule has 1 fully saturated rings. The van der Waals surface area contributed by atoms with Crippen LogP contribution in [0.25, 0.3) is 22.5 Å². The van der Waals surface area contributed by atoms with Crippen molar-refractivity contribution in [1.29, 1.82) is 0 Å². The zero-order valence-corrected chi connectivity index (χ0v) is 26.2. The van der Waals surface area contributed by atoms with E-state index >= 15 is 0 Å². The third-order valence-electron chi connectivity index (χ3n) is 8.81. The van der Waals surface area contributed by atoms with Crippen molar-refractivity contribution < 1.29 is 9.84 Å². The maximum atomic E-state index is 13.8. The molecule has 5 aromatic rings. The van der Waals surface area contributed by atoms with Gasteiger partial charge in [0.25, 0.3) is 11.1 Å². The van der Waals surface area contributed by atoms with Crippen molar-refractivity contribution in [2.75, 3.05) is 36.9 Å². The second-order valence-electron chi connectivity index (χ2n) is 12.9. The molecule has 5 aromatic heterocycles. The van der Waals surface area contributed by atoms with E-state index in [-0.39, 0.29) is 23.1 Å². The van der Waals surface area contributed by atoms with Gasteiger partial charge in [-0.2, -0.15) is 0 Å². The highest BCUT2D eigenvalue weighted by atomic mass is 16.5. The number of ether oxygens (including phenoxy) is 1. The predicted octanol–water partition coefficient (Wildman–Crippen LogP) is 3.01. The lowest BCUT2D eigenvalue weighted by Gasteiger charge is -2.27. The van der Waals surface area contributed by atoms with E-state index in [4.69, 9.17) is 4.74 Å². The molecule has 0 saturated carbocycles. The first-order chi connectivity index (χ1) is 22.2. The fraction of sp³-hybridized carbons (Fsp3) is 0.353. The minimum absolute atomic E-state index is 0.170. The van der Waals surface area contributed by atoms with E-state index in [9.17, 15) is 14.7 Å². The van der Waals surface area contributed by atoms with Gasteiger partial charge in [-0.05, 0) is 59.7 Å². The number of rotatable bonds is 10. The van der Waals surface area contributed by atoms with Crippen LogP contribution in [0.2, 0.25) is 0 Å². The Hall–Kier alpha value is -4.78. The number of aliphatic hydroxyl groups excluding tert-OH is 1. The van der Waals surface area contributed by atoms with Gasteiger partial charge in [0.2, 0.25) is 0 Å². The van der Waals surface area contributed by atoms with Gasteiger partial charge in [0.05, 0.1) is 37.7 Å². The smallest absolute Gasteiger partial charge is 0.280 e. The van der Waals surface area contributed by atoms with Crippen LogP contribution in [-0.2, 0) is 31.2 Å². The summed E-state index contributed by atoms with van der Waals surface area (Å²) in [7, 11) is 1.67. The molecule has 12 nitrogen and oxygen atoms in total. The fourth-order valence-corrected chi connectivity index (χ4v) is 6.44. The monoisotopic (exact) mass is 622 g/mol. The van der Waals surface area contributed by atoms with E-state index < -0.39 is 0 Å². The number of nitrogens with zero attached hydrogens (tertiary/aromatic N) is 5. The Kier molecular flexibility index (Phi) is 7.71. The molecule has 1 aliphatic carbocycles. The standard InChI is InChI=1S/C34H38N8O4/c1-34(2)14-21-13-28-33(45)42(11-10-41(28)29(21)15-34)31-26(18-43)25(6-7-37-31)22-12-27(32(44)40(3)17-22)39-30-5-4-23(16-38-30)35-8-9-36-24-19-46-20-24/h4-7,10-13,16-17,24,35-36,43H,8-9,14-15,18-20H2,1-3H3,(H,38,39). The molecule has 0 aromatic carbocycles. The minimum Gasteiger partial charge on any atom is -0.392 e. The molecule has 0 amide bonds. The third-order valence-corrected chi connectivity index (χ3v) is 8.81. The van der Waals surface area contributed by atoms with Gasteiger partial charge in [-0.1, -0.05) is 13.8 Å². The molecule has 0 bridgehead atoms. The van der Waals surface area contributed by atoms with E-state index in [1.807, 2.05) is 28.8 Å². The number of aryl methyl sites for hydroxylation is 1. The predicted molar refractivity (Wildman–Crippen MR) is 177 cm³/mol. The Morgan fingerprint density at radius 3 is 2.63 bits per heavy atom. The van der Waals surface area contributed by atoms with E-state index in [1.54, 1.807) is 44.0 Å². The van der Waals surface area contributed by atoms with Crippen LogP contribution in [0, 0.1) is 5.41 Å². The molecule has 0 atom stereocenters. The normalized spacial score (nSPS) is 15.6. The number of aliphatic hydroxyl groups is 1. The molecular weight excluding hydrogens is 584 g/mol. The number of aromatic nitrogens is 5. The molecule has 6 heterocycles. The molecule has 46 heavy (non-hydrogen) atoms. The average molecular weight is 623 g/mol. The summed E-state index contributed by atoms with van der Waals surface area (Å²) in [6.07, 6.45) is 10.5. The highest BCUT2D eigenvalue weighted by molar-refractivity contribution is 5.73. The number of anilines is 3.